The van der Waals surface area contributed by atoms with Crippen LogP contribution in [-0.2, 0) is 25.6 Å². The molecule has 2 aliphatic rings. The molecule has 0 aromatic heterocycles. The third kappa shape index (κ3) is 3.85. The van der Waals surface area contributed by atoms with Crippen molar-refractivity contribution < 1.29 is 19.0 Å². The van der Waals surface area contributed by atoms with E-state index < -0.39 is 0 Å². The molecule has 2 saturated heterocycles. The van der Waals surface area contributed by atoms with Gasteiger partial charge in [-0.05, 0) is 24.8 Å². The molecule has 0 spiro atoms. The minimum absolute atomic E-state index is 0.0275. The van der Waals surface area contributed by atoms with Crippen molar-refractivity contribution in [3.63, 3.8) is 0 Å². The zero-order valence-electron chi connectivity index (χ0n) is 12.8. The molecule has 1 atom stereocenters. The molecule has 0 N–H and O–H groups in total. The van der Waals surface area contributed by atoms with Crippen LogP contribution in [0.15, 0.2) is 30.3 Å². The summed E-state index contributed by atoms with van der Waals surface area (Å²) in [7, 11) is 0. The molecule has 1 aromatic rings. The van der Waals surface area contributed by atoms with Crippen LogP contribution in [-0.4, -0.2) is 49.5 Å². The van der Waals surface area contributed by atoms with Crippen LogP contribution in [0.1, 0.15) is 24.8 Å². The second kappa shape index (κ2) is 7.72. The van der Waals surface area contributed by atoms with Gasteiger partial charge in [0.15, 0.2) is 6.29 Å². The molecule has 1 amide bonds. The number of carbonyl (C=O) groups is 1. The Hall–Kier alpha value is -1.43. The van der Waals surface area contributed by atoms with E-state index >= 15 is 0 Å². The van der Waals surface area contributed by atoms with Crippen LogP contribution in [0.4, 0.5) is 0 Å². The smallest absolute Gasteiger partial charge is 0.249 e. The summed E-state index contributed by atoms with van der Waals surface area (Å²) in [5, 5.41) is 0. The number of rotatable bonds is 5. The summed E-state index contributed by atoms with van der Waals surface area (Å²) in [6.45, 7) is 2.57. The van der Waals surface area contributed by atoms with E-state index in [9.17, 15) is 4.79 Å². The van der Waals surface area contributed by atoms with Crippen molar-refractivity contribution in [3.05, 3.63) is 35.9 Å². The second-order valence-corrected chi connectivity index (χ2v) is 5.74. The Bertz CT molecular complexity index is 473. The van der Waals surface area contributed by atoms with E-state index in [2.05, 4.69) is 0 Å². The number of likely N-dealkylation sites (tertiary alicyclic amines) is 1. The van der Waals surface area contributed by atoms with Crippen LogP contribution >= 0.6 is 0 Å². The van der Waals surface area contributed by atoms with Gasteiger partial charge in [-0.2, -0.15) is 0 Å². The van der Waals surface area contributed by atoms with Gasteiger partial charge in [-0.1, -0.05) is 30.3 Å². The second-order valence-electron chi connectivity index (χ2n) is 5.74. The van der Waals surface area contributed by atoms with Crippen LogP contribution < -0.4 is 0 Å². The Labute approximate surface area is 131 Å². The zero-order chi connectivity index (χ0) is 15.2. The lowest BCUT2D eigenvalue weighted by molar-refractivity contribution is -0.155. The fourth-order valence-electron chi connectivity index (χ4n) is 3.06. The highest BCUT2D eigenvalue weighted by Crippen LogP contribution is 2.24. The van der Waals surface area contributed by atoms with Gasteiger partial charge in [0.25, 0.3) is 0 Å². The minimum Gasteiger partial charge on any atom is -0.367 e. The molecule has 5 nitrogen and oxygen atoms in total. The standard InChI is InChI=1S/C17H23NO4/c19-16(13-20-12-14-6-2-1-3-7-14)18-9-5-4-8-15(18)17-21-10-11-22-17/h1-3,6-7,15,17H,4-5,8-13H2. The molecule has 5 heteroatoms. The van der Waals surface area contributed by atoms with Gasteiger partial charge in [0.1, 0.15) is 6.61 Å². The lowest BCUT2D eigenvalue weighted by Crippen LogP contribution is -2.51. The van der Waals surface area contributed by atoms with Gasteiger partial charge in [-0.15, -0.1) is 0 Å². The van der Waals surface area contributed by atoms with Crippen LogP contribution in [0, 0.1) is 0 Å². The van der Waals surface area contributed by atoms with E-state index in [0.717, 1.165) is 31.4 Å². The van der Waals surface area contributed by atoms with Crippen molar-refractivity contribution in [1.29, 1.82) is 0 Å². The molecular weight excluding hydrogens is 282 g/mol. The van der Waals surface area contributed by atoms with Crippen molar-refractivity contribution in [1.82, 2.24) is 4.90 Å². The average molecular weight is 305 g/mol. The molecule has 0 saturated carbocycles. The number of carbonyl (C=O) groups excluding carboxylic acids is 1. The molecule has 2 aliphatic heterocycles. The highest BCUT2D eigenvalue weighted by Gasteiger charge is 2.36. The summed E-state index contributed by atoms with van der Waals surface area (Å²) >= 11 is 0. The normalized spacial score (nSPS) is 22.9. The number of amides is 1. The maximum Gasteiger partial charge on any atom is 0.249 e. The summed E-state index contributed by atoms with van der Waals surface area (Å²) in [4.78, 5) is 14.3. The van der Waals surface area contributed by atoms with Crippen molar-refractivity contribution in [2.45, 2.75) is 38.2 Å². The minimum atomic E-state index is -0.265. The molecule has 0 aliphatic carbocycles. The van der Waals surface area contributed by atoms with Crippen molar-refractivity contribution >= 4 is 5.91 Å². The van der Waals surface area contributed by atoms with Crippen molar-refractivity contribution in [2.75, 3.05) is 26.4 Å². The summed E-state index contributed by atoms with van der Waals surface area (Å²) in [6, 6.07) is 9.92. The van der Waals surface area contributed by atoms with Crippen LogP contribution in [0.2, 0.25) is 0 Å². The predicted octanol–water partition coefficient (Wildman–Crippen LogP) is 1.96. The summed E-state index contributed by atoms with van der Waals surface area (Å²) < 4.78 is 16.8. The first-order valence-corrected chi connectivity index (χ1v) is 7.99. The maximum absolute atomic E-state index is 12.4. The number of piperidine rings is 1. The Morgan fingerprint density at radius 3 is 2.73 bits per heavy atom. The van der Waals surface area contributed by atoms with E-state index in [0.29, 0.717) is 19.8 Å². The summed E-state index contributed by atoms with van der Waals surface area (Å²) in [5.74, 6) is 0.0275. The van der Waals surface area contributed by atoms with Gasteiger partial charge in [0.2, 0.25) is 5.91 Å². The Kier molecular flexibility index (Phi) is 5.43. The van der Waals surface area contributed by atoms with E-state index in [1.165, 1.54) is 0 Å². The first-order valence-electron chi connectivity index (χ1n) is 7.99. The SMILES string of the molecule is O=C(COCc1ccccc1)N1CCCCC1C1OCCO1. The lowest BCUT2D eigenvalue weighted by Gasteiger charge is -2.37. The third-order valence-corrected chi connectivity index (χ3v) is 4.17. The fourth-order valence-corrected chi connectivity index (χ4v) is 3.06. The molecule has 22 heavy (non-hydrogen) atoms. The Morgan fingerprint density at radius 2 is 1.95 bits per heavy atom. The third-order valence-electron chi connectivity index (χ3n) is 4.17. The lowest BCUT2D eigenvalue weighted by atomic mass is 10.0. The van der Waals surface area contributed by atoms with Gasteiger partial charge in [0.05, 0.1) is 25.9 Å². The van der Waals surface area contributed by atoms with Gasteiger partial charge >= 0.3 is 0 Å². The first-order chi connectivity index (χ1) is 10.8. The first kappa shape index (κ1) is 15.5. The monoisotopic (exact) mass is 305 g/mol. The van der Waals surface area contributed by atoms with E-state index in [1.807, 2.05) is 35.2 Å². The molecule has 2 heterocycles. The quantitative estimate of drug-likeness (QED) is 0.834. The number of hydrogen-bond acceptors (Lipinski definition) is 4. The Balaban J connectivity index is 1.51. The number of hydrogen-bond donors (Lipinski definition) is 0. The summed E-state index contributed by atoms with van der Waals surface area (Å²) in [6.07, 6.45) is 2.82. The molecule has 0 radical (unpaired) electrons. The van der Waals surface area contributed by atoms with Crippen molar-refractivity contribution in [2.24, 2.45) is 0 Å². The van der Waals surface area contributed by atoms with Gasteiger partial charge < -0.3 is 19.1 Å². The van der Waals surface area contributed by atoms with Crippen LogP contribution in [0.5, 0.6) is 0 Å². The Morgan fingerprint density at radius 1 is 1.18 bits per heavy atom. The molecule has 1 aromatic carbocycles. The largest absolute Gasteiger partial charge is 0.367 e. The molecular formula is C17H23NO4. The molecule has 0 bridgehead atoms. The van der Waals surface area contributed by atoms with E-state index in [4.69, 9.17) is 14.2 Å². The highest BCUT2D eigenvalue weighted by molar-refractivity contribution is 5.78. The number of benzene rings is 1. The van der Waals surface area contributed by atoms with E-state index in [-0.39, 0.29) is 24.8 Å². The maximum atomic E-state index is 12.4. The van der Waals surface area contributed by atoms with E-state index in [1.54, 1.807) is 0 Å². The summed E-state index contributed by atoms with van der Waals surface area (Å²) in [5.41, 5.74) is 1.08. The molecule has 120 valence electrons. The van der Waals surface area contributed by atoms with Gasteiger partial charge in [-0.25, -0.2) is 0 Å². The van der Waals surface area contributed by atoms with Gasteiger partial charge in [-0.3, -0.25) is 4.79 Å². The van der Waals surface area contributed by atoms with Crippen LogP contribution in [0.25, 0.3) is 0 Å². The predicted molar refractivity (Wildman–Crippen MR) is 81.1 cm³/mol. The van der Waals surface area contributed by atoms with Crippen molar-refractivity contribution in [3.8, 4) is 0 Å². The molecule has 3 rings (SSSR count). The highest BCUT2D eigenvalue weighted by atomic mass is 16.7. The zero-order valence-corrected chi connectivity index (χ0v) is 12.8. The number of ether oxygens (including phenoxy) is 3. The fraction of sp³-hybridized carbons (Fsp3) is 0.588. The van der Waals surface area contributed by atoms with Gasteiger partial charge in [0, 0.05) is 6.54 Å². The molecule has 2 fully saturated rings. The van der Waals surface area contributed by atoms with Crippen LogP contribution in [0.3, 0.4) is 0 Å². The average Bonchev–Trinajstić information content (AvgIpc) is 3.10. The molecule has 1 unspecified atom stereocenters. The topological polar surface area (TPSA) is 48.0 Å². The number of nitrogens with zero attached hydrogens (tertiary/aromatic N) is 1.